The predicted molar refractivity (Wildman–Crippen MR) is 80.9 cm³/mol. The van der Waals surface area contributed by atoms with Crippen LogP contribution in [0, 0.1) is 5.41 Å². The van der Waals surface area contributed by atoms with Gasteiger partial charge in [0.05, 0.1) is 6.61 Å². The van der Waals surface area contributed by atoms with Crippen molar-refractivity contribution in [1.29, 1.82) is 0 Å². The Morgan fingerprint density at radius 1 is 1.33 bits per heavy atom. The molecule has 102 valence electrons. The number of rotatable bonds is 5. The maximum atomic E-state index is 5.96. The topological polar surface area (TPSA) is 35.2 Å². The molecule has 0 heterocycles. The van der Waals surface area contributed by atoms with E-state index in [0.29, 0.717) is 5.41 Å². The van der Waals surface area contributed by atoms with Crippen LogP contribution >= 0.6 is 15.9 Å². The first kappa shape index (κ1) is 15.5. The molecule has 1 atom stereocenters. The van der Waals surface area contributed by atoms with Crippen molar-refractivity contribution in [2.75, 3.05) is 6.61 Å². The van der Waals surface area contributed by atoms with Crippen LogP contribution in [-0.2, 0) is 0 Å². The molecule has 0 spiro atoms. The van der Waals surface area contributed by atoms with Crippen LogP contribution < -0.4 is 10.5 Å². The Bertz CT molecular complexity index is 383. The van der Waals surface area contributed by atoms with Gasteiger partial charge in [-0.25, -0.2) is 0 Å². The van der Waals surface area contributed by atoms with Crippen molar-refractivity contribution in [1.82, 2.24) is 0 Å². The molecule has 0 aliphatic rings. The molecule has 3 heteroatoms. The number of benzene rings is 1. The summed E-state index contributed by atoms with van der Waals surface area (Å²) in [5.41, 5.74) is 7.38. The Labute approximate surface area is 119 Å². The fourth-order valence-electron chi connectivity index (χ4n) is 1.79. The maximum absolute atomic E-state index is 5.96. The van der Waals surface area contributed by atoms with Crippen molar-refractivity contribution < 1.29 is 4.74 Å². The van der Waals surface area contributed by atoms with Crippen LogP contribution in [0.15, 0.2) is 22.7 Å². The fourth-order valence-corrected chi connectivity index (χ4v) is 2.17. The summed E-state index contributed by atoms with van der Waals surface area (Å²) in [4.78, 5) is 0. The molecule has 0 bridgehead atoms. The largest absolute Gasteiger partial charge is 0.493 e. The molecule has 0 saturated carbocycles. The third kappa shape index (κ3) is 5.40. The van der Waals surface area contributed by atoms with Crippen LogP contribution in [0.4, 0.5) is 0 Å². The van der Waals surface area contributed by atoms with E-state index in [1.807, 2.05) is 25.1 Å². The average molecular weight is 314 g/mol. The van der Waals surface area contributed by atoms with Crippen LogP contribution in [0.5, 0.6) is 5.75 Å². The van der Waals surface area contributed by atoms with E-state index in [1.54, 1.807) is 0 Å². The molecule has 0 saturated heterocycles. The third-order valence-corrected chi connectivity index (χ3v) is 3.28. The number of halogens is 1. The van der Waals surface area contributed by atoms with Crippen molar-refractivity contribution in [2.45, 2.75) is 46.6 Å². The van der Waals surface area contributed by atoms with E-state index < -0.39 is 0 Å². The highest BCUT2D eigenvalue weighted by Gasteiger charge is 2.11. The van der Waals surface area contributed by atoms with Gasteiger partial charge < -0.3 is 10.5 Å². The van der Waals surface area contributed by atoms with Crippen LogP contribution in [0.2, 0.25) is 0 Å². The Balaban J connectivity index is 2.57. The standard InChI is InChI=1S/C15H24BrNO/c1-11(17)13-10-12(16)6-7-14(13)18-9-5-8-15(2,3)4/h6-7,10-11H,5,8-9,17H2,1-4H3/t11-/m1/s1. The van der Waals surface area contributed by atoms with E-state index in [-0.39, 0.29) is 6.04 Å². The highest BCUT2D eigenvalue weighted by Crippen LogP contribution is 2.28. The number of ether oxygens (including phenoxy) is 1. The monoisotopic (exact) mass is 313 g/mol. The summed E-state index contributed by atoms with van der Waals surface area (Å²) >= 11 is 3.46. The molecule has 0 unspecified atom stereocenters. The molecule has 0 radical (unpaired) electrons. The van der Waals surface area contributed by atoms with Gasteiger partial charge in [0.1, 0.15) is 5.75 Å². The first-order valence-electron chi connectivity index (χ1n) is 6.47. The molecule has 2 nitrogen and oxygen atoms in total. The molecule has 0 amide bonds. The van der Waals surface area contributed by atoms with Crippen molar-refractivity contribution >= 4 is 15.9 Å². The van der Waals surface area contributed by atoms with Gasteiger partial charge in [-0.2, -0.15) is 0 Å². The molecule has 1 rings (SSSR count). The minimum atomic E-state index is -0.0138. The van der Waals surface area contributed by atoms with Crippen LogP contribution in [0.3, 0.4) is 0 Å². The van der Waals surface area contributed by atoms with E-state index >= 15 is 0 Å². The van der Waals surface area contributed by atoms with Gasteiger partial charge >= 0.3 is 0 Å². The summed E-state index contributed by atoms with van der Waals surface area (Å²) in [5, 5.41) is 0. The van der Waals surface area contributed by atoms with Gasteiger partial charge in [-0.05, 0) is 43.4 Å². The van der Waals surface area contributed by atoms with E-state index in [9.17, 15) is 0 Å². The second-order valence-electron chi connectivity index (χ2n) is 5.98. The highest BCUT2D eigenvalue weighted by molar-refractivity contribution is 9.10. The molecule has 0 aliphatic carbocycles. The van der Waals surface area contributed by atoms with Gasteiger partial charge in [0.15, 0.2) is 0 Å². The van der Waals surface area contributed by atoms with Crippen molar-refractivity contribution in [3.8, 4) is 5.75 Å². The van der Waals surface area contributed by atoms with Gasteiger partial charge in [0.2, 0.25) is 0 Å². The van der Waals surface area contributed by atoms with E-state index in [0.717, 1.165) is 35.2 Å². The lowest BCUT2D eigenvalue weighted by atomic mass is 9.91. The minimum absolute atomic E-state index is 0.0138. The fraction of sp³-hybridized carbons (Fsp3) is 0.600. The highest BCUT2D eigenvalue weighted by atomic mass is 79.9. The van der Waals surface area contributed by atoms with E-state index in [1.165, 1.54) is 0 Å². The minimum Gasteiger partial charge on any atom is -0.493 e. The zero-order valence-corrected chi connectivity index (χ0v) is 13.4. The van der Waals surface area contributed by atoms with Gasteiger partial charge in [0, 0.05) is 16.1 Å². The summed E-state index contributed by atoms with van der Waals surface area (Å²) in [6, 6.07) is 5.99. The Kier molecular flexibility index (Phi) is 5.67. The number of nitrogens with two attached hydrogens (primary N) is 1. The summed E-state index contributed by atoms with van der Waals surface area (Å²) in [6.07, 6.45) is 2.23. The molecule has 1 aromatic carbocycles. The van der Waals surface area contributed by atoms with Gasteiger partial charge in [-0.1, -0.05) is 36.7 Å². The second-order valence-corrected chi connectivity index (χ2v) is 6.90. The molecular formula is C15H24BrNO. The first-order chi connectivity index (χ1) is 8.29. The molecule has 18 heavy (non-hydrogen) atoms. The van der Waals surface area contributed by atoms with Crippen molar-refractivity contribution in [2.24, 2.45) is 11.1 Å². The first-order valence-corrected chi connectivity index (χ1v) is 7.27. The number of hydrogen-bond donors (Lipinski definition) is 1. The quantitative estimate of drug-likeness (QED) is 0.801. The van der Waals surface area contributed by atoms with E-state index in [2.05, 4.69) is 36.7 Å². The van der Waals surface area contributed by atoms with Gasteiger partial charge in [-0.15, -0.1) is 0 Å². The molecular weight excluding hydrogens is 290 g/mol. The van der Waals surface area contributed by atoms with Gasteiger partial charge in [0.25, 0.3) is 0 Å². The maximum Gasteiger partial charge on any atom is 0.124 e. The van der Waals surface area contributed by atoms with Crippen molar-refractivity contribution in [3.05, 3.63) is 28.2 Å². The van der Waals surface area contributed by atoms with Crippen LogP contribution in [0.1, 0.15) is 52.1 Å². The van der Waals surface area contributed by atoms with Crippen LogP contribution in [-0.4, -0.2) is 6.61 Å². The molecule has 2 N–H and O–H groups in total. The molecule has 0 aromatic heterocycles. The van der Waals surface area contributed by atoms with Crippen LogP contribution in [0.25, 0.3) is 0 Å². The van der Waals surface area contributed by atoms with Crippen molar-refractivity contribution in [3.63, 3.8) is 0 Å². The lowest BCUT2D eigenvalue weighted by Crippen LogP contribution is -2.11. The SMILES string of the molecule is C[C@@H](N)c1cc(Br)ccc1OCCCC(C)(C)C. The lowest BCUT2D eigenvalue weighted by molar-refractivity contribution is 0.266. The third-order valence-electron chi connectivity index (χ3n) is 2.79. The normalized spacial score (nSPS) is 13.4. The zero-order valence-electron chi connectivity index (χ0n) is 11.8. The van der Waals surface area contributed by atoms with E-state index in [4.69, 9.17) is 10.5 Å². The zero-order chi connectivity index (χ0) is 13.8. The lowest BCUT2D eigenvalue weighted by Gasteiger charge is -2.19. The Morgan fingerprint density at radius 2 is 2.00 bits per heavy atom. The second kappa shape index (κ2) is 6.58. The number of hydrogen-bond acceptors (Lipinski definition) is 2. The summed E-state index contributed by atoms with van der Waals surface area (Å²) in [6.45, 7) is 9.47. The summed E-state index contributed by atoms with van der Waals surface area (Å²) in [7, 11) is 0. The molecule has 0 fully saturated rings. The smallest absolute Gasteiger partial charge is 0.124 e. The Hall–Kier alpha value is -0.540. The predicted octanol–water partition coefficient (Wildman–Crippen LogP) is 4.67. The summed E-state index contributed by atoms with van der Waals surface area (Å²) in [5.74, 6) is 0.905. The molecule has 0 aliphatic heterocycles. The Morgan fingerprint density at radius 3 is 2.56 bits per heavy atom. The summed E-state index contributed by atoms with van der Waals surface area (Å²) < 4.78 is 6.89. The molecule has 1 aromatic rings. The van der Waals surface area contributed by atoms with Gasteiger partial charge in [-0.3, -0.25) is 0 Å². The average Bonchev–Trinajstić information content (AvgIpc) is 2.24.